The van der Waals surface area contributed by atoms with Crippen LogP contribution in [0.3, 0.4) is 0 Å². The summed E-state index contributed by atoms with van der Waals surface area (Å²) in [5.74, 6) is 1.24. The van der Waals surface area contributed by atoms with E-state index in [1.807, 2.05) is 0 Å². The van der Waals surface area contributed by atoms with Crippen LogP contribution in [0.1, 0.15) is 38.2 Å². The molecule has 2 nitrogen and oxygen atoms in total. The maximum Gasteiger partial charge on any atom is 0.0462 e. The Morgan fingerprint density at radius 1 is 1.21 bits per heavy atom. The summed E-state index contributed by atoms with van der Waals surface area (Å²) in [5.41, 5.74) is 1.40. The van der Waals surface area contributed by atoms with Crippen molar-refractivity contribution in [2.75, 3.05) is 26.8 Å². The van der Waals surface area contributed by atoms with Gasteiger partial charge < -0.3 is 10.1 Å². The van der Waals surface area contributed by atoms with Gasteiger partial charge in [-0.15, -0.1) is 0 Å². The third-order valence-corrected chi connectivity index (χ3v) is 3.91. The average molecular weight is 328 g/mol. The van der Waals surface area contributed by atoms with Crippen molar-refractivity contribution in [2.24, 2.45) is 5.92 Å². The van der Waals surface area contributed by atoms with Gasteiger partial charge in [-0.3, -0.25) is 0 Å². The molecule has 0 fully saturated rings. The van der Waals surface area contributed by atoms with Crippen LogP contribution in [0, 0.1) is 5.92 Å². The fourth-order valence-corrected chi connectivity index (χ4v) is 2.80. The molecule has 1 atom stereocenters. The summed E-state index contributed by atoms with van der Waals surface area (Å²) in [7, 11) is 1.77. The highest BCUT2D eigenvalue weighted by atomic mass is 79.9. The number of ether oxygens (including phenoxy) is 1. The van der Waals surface area contributed by atoms with E-state index in [-0.39, 0.29) is 0 Å². The van der Waals surface area contributed by atoms with Gasteiger partial charge in [0.05, 0.1) is 0 Å². The minimum absolute atomic E-state index is 0.546. The fourth-order valence-electron chi connectivity index (χ4n) is 2.19. The molecule has 0 saturated carbocycles. The Morgan fingerprint density at radius 2 is 1.95 bits per heavy atom. The molecular weight excluding hydrogens is 302 g/mol. The van der Waals surface area contributed by atoms with Crippen LogP contribution in [0.5, 0.6) is 0 Å². The van der Waals surface area contributed by atoms with Gasteiger partial charge in [-0.05, 0) is 42.9 Å². The topological polar surface area (TPSA) is 21.3 Å². The molecule has 0 aliphatic carbocycles. The molecule has 0 amide bonds. The van der Waals surface area contributed by atoms with Gasteiger partial charge >= 0.3 is 0 Å². The Balaban J connectivity index is 2.60. The quantitative estimate of drug-likeness (QED) is 0.686. The molecule has 3 heteroatoms. The van der Waals surface area contributed by atoms with Crippen molar-refractivity contribution < 1.29 is 4.74 Å². The minimum Gasteiger partial charge on any atom is -0.385 e. The molecule has 1 rings (SSSR count). The summed E-state index contributed by atoms with van der Waals surface area (Å²) < 4.78 is 6.38. The molecule has 1 aromatic carbocycles. The monoisotopic (exact) mass is 327 g/mol. The molecule has 19 heavy (non-hydrogen) atoms. The first-order chi connectivity index (χ1) is 9.15. The van der Waals surface area contributed by atoms with Gasteiger partial charge in [-0.2, -0.15) is 0 Å². The highest BCUT2D eigenvalue weighted by Crippen LogP contribution is 2.27. The summed E-state index contributed by atoms with van der Waals surface area (Å²) in [6.45, 7) is 7.43. The predicted molar refractivity (Wildman–Crippen MR) is 85.7 cm³/mol. The van der Waals surface area contributed by atoms with E-state index in [1.165, 1.54) is 10.0 Å². The van der Waals surface area contributed by atoms with Crippen LogP contribution >= 0.6 is 15.9 Å². The molecular formula is C16H26BrNO. The third kappa shape index (κ3) is 6.55. The van der Waals surface area contributed by atoms with Crippen molar-refractivity contribution in [3.05, 3.63) is 34.3 Å². The van der Waals surface area contributed by atoms with Gasteiger partial charge in [-0.1, -0.05) is 48.0 Å². The second-order valence-electron chi connectivity index (χ2n) is 5.41. The van der Waals surface area contributed by atoms with Gasteiger partial charge in [-0.25, -0.2) is 0 Å². The van der Waals surface area contributed by atoms with Gasteiger partial charge in [0, 0.05) is 24.7 Å². The Labute approximate surface area is 126 Å². The highest BCUT2D eigenvalue weighted by molar-refractivity contribution is 9.10. The standard InChI is InChI=1S/C16H26BrNO/c1-13(2)11-18-12-14(7-6-10-19-3)15-8-4-5-9-16(15)17/h4-5,8-9,13-14,18H,6-7,10-12H2,1-3H3. The lowest BCUT2D eigenvalue weighted by Gasteiger charge is -2.20. The first kappa shape index (κ1) is 16.7. The molecule has 0 radical (unpaired) electrons. The summed E-state index contributed by atoms with van der Waals surface area (Å²) in [4.78, 5) is 0. The van der Waals surface area contributed by atoms with Crippen molar-refractivity contribution in [3.8, 4) is 0 Å². The van der Waals surface area contributed by atoms with Crippen LogP contribution in [0.4, 0.5) is 0 Å². The maximum atomic E-state index is 5.17. The summed E-state index contributed by atoms with van der Waals surface area (Å²) in [6.07, 6.45) is 2.26. The molecule has 0 saturated heterocycles. The molecule has 0 aliphatic heterocycles. The molecule has 0 bridgehead atoms. The molecule has 0 heterocycles. The van der Waals surface area contributed by atoms with Crippen molar-refractivity contribution in [1.82, 2.24) is 5.32 Å². The number of rotatable bonds is 9. The second kappa shape index (κ2) is 9.51. The number of hydrogen-bond acceptors (Lipinski definition) is 2. The van der Waals surface area contributed by atoms with Crippen LogP contribution in [0.15, 0.2) is 28.7 Å². The van der Waals surface area contributed by atoms with Gasteiger partial charge in [0.2, 0.25) is 0 Å². The lowest BCUT2D eigenvalue weighted by molar-refractivity contribution is 0.190. The van der Waals surface area contributed by atoms with E-state index in [1.54, 1.807) is 7.11 Å². The van der Waals surface area contributed by atoms with E-state index in [0.717, 1.165) is 32.5 Å². The summed E-state index contributed by atoms with van der Waals surface area (Å²) in [6, 6.07) is 8.53. The maximum absolute atomic E-state index is 5.17. The SMILES string of the molecule is COCCCC(CNCC(C)C)c1ccccc1Br. The zero-order valence-corrected chi connectivity index (χ0v) is 13.9. The van der Waals surface area contributed by atoms with E-state index in [4.69, 9.17) is 4.74 Å². The summed E-state index contributed by atoms with van der Waals surface area (Å²) >= 11 is 3.67. The first-order valence-electron chi connectivity index (χ1n) is 7.09. The Bertz CT molecular complexity index is 354. The van der Waals surface area contributed by atoms with Crippen molar-refractivity contribution >= 4 is 15.9 Å². The Hall–Kier alpha value is -0.380. The fraction of sp³-hybridized carbons (Fsp3) is 0.625. The van der Waals surface area contributed by atoms with Crippen molar-refractivity contribution in [3.63, 3.8) is 0 Å². The zero-order chi connectivity index (χ0) is 14.1. The zero-order valence-electron chi connectivity index (χ0n) is 12.3. The predicted octanol–water partition coefficient (Wildman–Crippen LogP) is 4.20. The third-order valence-electron chi connectivity index (χ3n) is 3.19. The molecule has 0 spiro atoms. The van der Waals surface area contributed by atoms with E-state index in [9.17, 15) is 0 Å². The van der Waals surface area contributed by atoms with E-state index in [2.05, 4.69) is 59.4 Å². The van der Waals surface area contributed by atoms with Crippen LogP contribution < -0.4 is 5.32 Å². The Kier molecular flexibility index (Phi) is 8.35. The molecule has 0 aromatic heterocycles. The lowest BCUT2D eigenvalue weighted by Crippen LogP contribution is -2.25. The van der Waals surface area contributed by atoms with E-state index in [0.29, 0.717) is 11.8 Å². The normalized spacial score (nSPS) is 12.9. The number of benzene rings is 1. The number of nitrogens with one attached hydrogen (secondary N) is 1. The number of methoxy groups -OCH3 is 1. The molecule has 1 aromatic rings. The number of hydrogen-bond donors (Lipinski definition) is 1. The molecule has 1 N–H and O–H groups in total. The van der Waals surface area contributed by atoms with Crippen LogP contribution in [0.2, 0.25) is 0 Å². The summed E-state index contributed by atoms with van der Waals surface area (Å²) in [5, 5.41) is 3.58. The van der Waals surface area contributed by atoms with Crippen LogP contribution in [-0.2, 0) is 4.74 Å². The molecule has 0 aliphatic rings. The van der Waals surface area contributed by atoms with Crippen molar-refractivity contribution in [1.29, 1.82) is 0 Å². The Morgan fingerprint density at radius 3 is 2.58 bits per heavy atom. The van der Waals surface area contributed by atoms with Gasteiger partial charge in [0.15, 0.2) is 0 Å². The molecule has 1 unspecified atom stereocenters. The second-order valence-corrected chi connectivity index (χ2v) is 6.26. The smallest absolute Gasteiger partial charge is 0.0462 e. The van der Waals surface area contributed by atoms with E-state index >= 15 is 0 Å². The first-order valence-corrected chi connectivity index (χ1v) is 7.88. The molecule has 108 valence electrons. The van der Waals surface area contributed by atoms with E-state index < -0.39 is 0 Å². The number of halogens is 1. The largest absolute Gasteiger partial charge is 0.385 e. The van der Waals surface area contributed by atoms with Crippen LogP contribution in [-0.4, -0.2) is 26.8 Å². The van der Waals surface area contributed by atoms with Crippen molar-refractivity contribution in [2.45, 2.75) is 32.6 Å². The van der Waals surface area contributed by atoms with Gasteiger partial charge in [0.1, 0.15) is 0 Å². The lowest BCUT2D eigenvalue weighted by atomic mass is 9.94. The highest BCUT2D eigenvalue weighted by Gasteiger charge is 2.13. The minimum atomic E-state index is 0.546. The average Bonchev–Trinajstić information content (AvgIpc) is 2.37. The van der Waals surface area contributed by atoms with Crippen LogP contribution in [0.25, 0.3) is 0 Å². The van der Waals surface area contributed by atoms with Gasteiger partial charge in [0.25, 0.3) is 0 Å².